The summed E-state index contributed by atoms with van der Waals surface area (Å²) >= 11 is 0. The van der Waals surface area contributed by atoms with E-state index in [0.29, 0.717) is 25.8 Å². The maximum absolute atomic E-state index is 13.5. The van der Waals surface area contributed by atoms with Gasteiger partial charge in [-0.3, -0.25) is 19.4 Å². The van der Waals surface area contributed by atoms with Crippen molar-refractivity contribution in [1.82, 2.24) is 25.8 Å². The van der Waals surface area contributed by atoms with E-state index in [1.165, 1.54) is 0 Å². The number of aliphatic carboxylic acids is 1. The number of guanidine groups is 1. The summed E-state index contributed by atoms with van der Waals surface area (Å²) in [7, 11) is 0. The van der Waals surface area contributed by atoms with Crippen LogP contribution < -0.4 is 27.4 Å². The topological polar surface area (TPSA) is 208 Å². The van der Waals surface area contributed by atoms with Gasteiger partial charge in [0.2, 0.25) is 17.7 Å². The molecule has 0 radical (unpaired) electrons. The average Bonchev–Trinajstić information content (AvgIpc) is 3.70. The molecule has 13 heteroatoms. The molecule has 0 aliphatic carbocycles. The number of fused-ring (bicyclic) bond motifs is 1. The number of nitrogens with zero attached hydrogens (tertiary/aromatic N) is 2. The largest absolute Gasteiger partial charge is 0.480 e. The van der Waals surface area contributed by atoms with Crippen molar-refractivity contribution in [1.29, 1.82) is 0 Å². The van der Waals surface area contributed by atoms with Crippen molar-refractivity contribution in [2.45, 2.75) is 69.1 Å². The zero-order chi connectivity index (χ0) is 28.6. The summed E-state index contributed by atoms with van der Waals surface area (Å²) in [4.78, 5) is 60.6. The van der Waals surface area contributed by atoms with Gasteiger partial charge in [0.05, 0.1) is 6.04 Å². The van der Waals surface area contributed by atoms with Gasteiger partial charge in [0.15, 0.2) is 5.96 Å². The van der Waals surface area contributed by atoms with Gasteiger partial charge in [0.25, 0.3) is 0 Å². The van der Waals surface area contributed by atoms with Crippen LogP contribution in [0.4, 0.5) is 0 Å². The van der Waals surface area contributed by atoms with Gasteiger partial charge < -0.3 is 42.4 Å². The number of nitrogens with one attached hydrogen (secondary N) is 4. The average molecular weight is 555 g/mol. The van der Waals surface area contributed by atoms with Gasteiger partial charge in [0, 0.05) is 36.6 Å². The molecule has 2 aliphatic heterocycles. The maximum Gasteiger partial charge on any atom is 0.326 e. The molecule has 1 aromatic carbocycles. The summed E-state index contributed by atoms with van der Waals surface area (Å²) in [5.74, 6) is -2.45. The smallest absolute Gasteiger partial charge is 0.326 e. The predicted octanol–water partition coefficient (Wildman–Crippen LogP) is -0.439. The van der Waals surface area contributed by atoms with Crippen LogP contribution in [0, 0.1) is 0 Å². The van der Waals surface area contributed by atoms with Crippen LogP contribution in [0.15, 0.2) is 35.5 Å². The molecule has 9 N–H and O–H groups in total. The quantitative estimate of drug-likeness (QED) is 0.104. The molecule has 4 rings (SSSR count). The molecule has 3 heterocycles. The summed E-state index contributed by atoms with van der Waals surface area (Å²) in [6.45, 7) is 1.47. The maximum atomic E-state index is 13.5. The highest BCUT2D eigenvalue weighted by Gasteiger charge is 2.39. The lowest BCUT2D eigenvalue weighted by Gasteiger charge is -2.28. The van der Waals surface area contributed by atoms with Gasteiger partial charge in [-0.25, -0.2) is 4.79 Å². The molecule has 0 bridgehead atoms. The third-order valence-corrected chi connectivity index (χ3v) is 7.49. The first-order valence-electron chi connectivity index (χ1n) is 13.7. The molecule has 0 spiro atoms. The van der Waals surface area contributed by atoms with E-state index in [1.807, 2.05) is 24.3 Å². The number of aliphatic imine (C=N–C) groups is 1. The molecule has 216 valence electrons. The fourth-order valence-electron chi connectivity index (χ4n) is 5.43. The normalized spacial score (nSPS) is 20.1. The van der Waals surface area contributed by atoms with Crippen LogP contribution in [0.2, 0.25) is 0 Å². The van der Waals surface area contributed by atoms with E-state index in [4.69, 9.17) is 11.5 Å². The highest BCUT2D eigenvalue weighted by Crippen LogP contribution is 2.22. The van der Waals surface area contributed by atoms with Gasteiger partial charge in [-0.05, 0) is 56.7 Å². The van der Waals surface area contributed by atoms with Crippen LogP contribution in [0.25, 0.3) is 10.9 Å². The Balaban J connectivity index is 1.50. The lowest BCUT2D eigenvalue weighted by atomic mass is 10.0. The minimum atomic E-state index is -1.20. The predicted molar refractivity (Wildman–Crippen MR) is 149 cm³/mol. The highest BCUT2D eigenvalue weighted by molar-refractivity contribution is 5.95. The number of H-pyrrole nitrogens is 1. The van der Waals surface area contributed by atoms with Crippen molar-refractivity contribution < 1.29 is 24.3 Å². The Morgan fingerprint density at radius 2 is 1.90 bits per heavy atom. The molecule has 1 aromatic heterocycles. The van der Waals surface area contributed by atoms with Gasteiger partial charge in [-0.2, -0.15) is 0 Å². The number of carbonyl (C=O) groups is 4. The number of benzene rings is 1. The highest BCUT2D eigenvalue weighted by atomic mass is 16.4. The third-order valence-electron chi connectivity index (χ3n) is 7.49. The van der Waals surface area contributed by atoms with Crippen LogP contribution in [-0.2, 0) is 25.6 Å². The molecule has 13 nitrogen and oxygen atoms in total. The van der Waals surface area contributed by atoms with Crippen LogP contribution in [-0.4, -0.2) is 88.4 Å². The Kier molecular flexibility index (Phi) is 9.59. The zero-order valence-corrected chi connectivity index (χ0v) is 22.4. The summed E-state index contributed by atoms with van der Waals surface area (Å²) in [6, 6.07) is 4.34. The number of carboxylic acid groups (broad SMARTS) is 1. The standard InChI is InChI=1S/C27H38N8O5/c28-27(29)31-12-4-9-20(26(39)40)33-23(36)21(14-16-15-32-18-7-2-1-6-17(16)18)34-24(37)22-10-5-13-35(22)25(38)19-8-3-11-30-19/h1-2,6-7,15,19-22,30,32H,3-5,8-14H2,(H,33,36)(H,34,37)(H,39,40)(H4,28,29,31). The molecule has 0 saturated carbocycles. The van der Waals surface area contributed by atoms with E-state index in [2.05, 4.69) is 25.9 Å². The molecule has 2 saturated heterocycles. The molecule has 40 heavy (non-hydrogen) atoms. The Labute approximate surface area is 232 Å². The lowest BCUT2D eigenvalue weighted by Crippen LogP contribution is -2.57. The Hall–Kier alpha value is -4.13. The Morgan fingerprint density at radius 3 is 2.62 bits per heavy atom. The number of carboxylic acids is 1. The van der Waals surface area contributed by atoms with E-state index in [1.54, 1.807) is 11.1 Å². The summed E-state index contributed by atoms with van der Waals surface area (Å²) in [6.07, 6.45) is 5.17. The van der Waals surface area contributed by atoms with Crippen molar-refractivity contribution >= 4 is 40.6 Å². The van der Waals surface area contributed by atoms with Gasteiger partial charge >= 0.3 is 5.97 Å². The molecular formula is C27H38N8O5. The van der Waals surface area contributed by atoms with Crippen molar-refractivity contribution in [3.8, 4) is 0 Å². The molecule has 4 atom stereocenters. The third kappa shape index (κ3) is 7.08. The number of para-hydroxylation sites is 1. The summed E-state index contributed by atoms with van der Waals surface area (Å²) < 4.78 is 0. The van der Waals surface area contributed by atoms with Gasteiger partial charge in [-0.15, -0.1) is 0 Å². The number of hydrogen-bond acceptors (Lipinski definition) is 6. The number of likely N-dealkylation sites (tertiary alicyclic amines) is 1. The summed E-state index contributed by atoms with van der Waals surface area (Å²) in [5, 5.41) is 19.2. The molecule has 2 fully saturated rings. The number of carbonyl (C=O) groups excluding carboxylic acids is 3. The fourth-order valence-corrected chi connectivity index (χ4v) is 5.43. The number of amides is 3. The minimum Gasteiger partial charge on any atom is -0.480 e. The van der Waals surface area contributed by atoms with E-state index in [-0.39, 0.29) is 37.3 Å². The van der Waals surface area contributed by atoms with E-state index in [9.17, 15) is 24.3 Å². The Bertz CT molecular complexity index is 1250. The van der Waals surface area contributed by atoms with Crippen molar-refractivity contribution in [2.75, 3.05) is 19.6 Å². The number of aromatic amines is 1. The molecular weight excluding hydrogens is 516 g/mol. The number of hydrogen-bond donors (Lipinski definition) is 7. The SMILES string of the molecule is NC(N)=NCCCC(NC(=O)C(Cc1c[nH]c2ccccc12)NC(=O)C1CCCN1C(=O)C1CCCN1)C(=O)O. The first-order chi connectivity index (χ1) is 19.2. The molecule has 3 amide bonds. The van der Waals surface area contributed by atoms with Crippen LogP contribution in [0.1, 0.15) is 44.1 Å². The minimum absolute atomic E-state index is 0.0967. The number of nitrogens with two attached hydrogens (primary N) is 2. The number of aromatic nitrogens is 1. The van der Waals surface area contributed by atoms with E-state index >= 15 is 0 Å². The molecule has 2 aliphatic rings. The molecule has 4 unspecified atom stereocenters. The van der Waals surface area contributed by atoms with E-state index < -0.39 is 35.9 Å². The first-order valence-corrected chi connectivity index (χ1v) is 13.7. The second-order valence-corrected chi connectivity index (χ2v) is 10.3. The Morgan fingerprint density at radius 1 is 1.10 bits per heavy atom. The monoisotopic (exact) mass is 554 g/mol. The van der Waals surface area contributed by atoms with Crippen LogP contribution in [0.5, 0.6) is 0 Å². The zero-order valence-electron chi connectivity index (χ0n) is 22.4. The van der Waals surface area contributed by atoms with Crippen LogP contribution in [0.3, 0.4) is 0 Å². The van der Waals surface area contributed by atoms with Crippen molar-refractivity contribution in [2.24, 2.45) is 16.5 Å². The van der Waals surface area contributed by atoms with Gasteiger partial charge in [-0.1, -0.05) is 18.2 Å². The fraction of sp³-hybridized carbons (Fsp3) is 0.519. The van der Waals surface area contributed by atoms with Crippen molar-refractivity contribution in [3.63, 3.8) is 0 Å². The number of rotatable bonds is 12. The second-order valence-electron chi connectivity index (χ2n) is 10.3. The molecule has 2 aromatic rings. The van der Waals surface area contributed by atoms with Gasteiger partial charge in [0.1, 0.15) is 18.1 Å². The summed E-state index contributed by atoms with van der Waals surface area (Å²) in [5.41, 5.74) is 12.3. The lowest BCUT2D eigenvalue weighted by molar-refractivity contribution is -0.143. The van der Waals surface area contributed by atoms with Crippen LogP contribution >= 0.6 is 0 Å². The van der Waals surface area contributed by atoms with E-state index in [0.717, 1.165) is 35.9 Å². The first kappa shape index (κ1) is 28.9. The van der Waals surface area contributed by atoms with Crippen molar-refractivity contribution in [3.05, 3.63) is 36.0 Å². The second kappa shape index (κ2) is 13.3.